The lowest BCUT2D eigenvalue weighted by atomic mass is 10.2. The molecule has 86 valence electrons. The molecule has 0 aromatic rings. The summed E-state index contributed by atoms with van der Waals surface area (Å²) >= 11 is 4.86. The molecule has 1 aliphatic rings. The van der Waals surface area contributed by atoms with Crippen LogP contribution >= 0.6 is 12.2 Å². The summed E-state index contributed by atoms with van der Waals surface area (Å²) in [4.78, 5) is 13.6. The van der Waals surface area contributed by atoms with Gasteiger partial charge >= 0.3 is 5.97 Å². The zero-order valence-electron chi connectivity index (χ0n) is 8.93. The zero-order valence-corrected chi connectivity index (χ0v) is 9.75. The maximum Gasteiger partial charge on any atom is 0.322 e. The molecule has 15 heavy (non-hydrogen) atoms. The second-order valence-corrected chi connectivity index (χ2v) is 3.93. The molecule has 0 aromatic heterocycles. The third kappa shape index (κ3) is 3.12. The summed E-state index contributed by atoms with van der Waals surface area (Å²) in [6, 6.07) is -0.282. The van der Waals surface area contributed by atoms with Gasteiger partial charge in [-0.05, 0) is 6.92 Å². The highest BCUT2D eigenvalue weighted by molar-refractivity contribution is 7.80. The maximum absolute atomic E-state index is 11.3. The third-order valence-corrected chi connectivity index (χ3v) is 2.77. The number of ether oxygens (including phenoxy) is 2. The van der Waals surface area contributed by atoms with E-state index < -0.39 is 0 Å². The van der Waals surface area contributed by atoms with E-state index in [-0.39, 0.29) is 18.1 Å². The van der Waals surface area contributed by atoms with Crippen LogP contribution in [0, 0.1) is 0 Å². The largest absolute Gasteiger partial charge is 0.468 e. The van der Waals surface area contributed by atoms with E-state index >= 15 is 0 Å². The van der Waals surface area contributed by atoms with Crippen molar-refractivity contribution in [3.8, 4) is 0 Å². The first kappa shape index (κ1) is 12.4. The number of hydrogen-bond acceptors (Lipinski definition) is 5. The Hall–Kier alpha value is -0.720. The summed E-state index contributed by atoms with van der Waals surface area (Å²) in [6.45, 7) is 3.57. The van der Waals surface area contributed by atoms with Gasteiger partial charge < -0.3 is 15.2 Å². The highest BCUT2D eigenvalue weighted by atomic mass is 32.1. The van der Waals surface area contributed by atoms with E-state index in [9.17, 15) is 4.79 Å². The summed E-state index contributed by atoms with van der Waals surface area (Å²) in [6.07, 6.45) is -0.263. The predicted molar refractivity (Wildman–Crippen MR) is 59.6 cm³/mol. The Morgan fingerprint density at radius 2 is 2.40 bits per heavy atom. The van der Waals surface area contributed by atoms with Crippen molar-refractivity contribution in [1.82, 2.24) is 4.90 Å². The zero-order chi connectivity index (χ0) is 11.4. The van der Waals surface area contributed by atoms with Crippen molar-refractivity contribution >= 4 is 23.2 Å². The number of hydrogen-bond donors (Lipinski definition) is 1. The van der Waals surface area contributed by atoms with Crippen molar-refractivity contribution in [1.29, 1.82) is 0 Å². The van der Waals surface area contributed by atoms with Crippen molar-refractivity contribution in [3.63, 3.8) is 0 Å². The lowest BCUT2D eigenvalue weighted by Crippen LogP contribution is -2.52. The summed E-state index contributed by atoms with van der Waals surface area (Å²) in [7, 11) is 1.38. The lowest BCUT2D eigenvalue weighted by molar-refractivity contribution is -0.148. The monoisotopic (exact) mass is 232 g/mol. The first-order chi connectivity index (χ1) is 7.06. The number of thiocarbonyl (C=S) groups is 1. The fourth-order valence-corrected chi connectivity index (χ4v) is 1.66. The van der Waals surface area contributed by atoms with Crippen LogP contribution in [0.25, 0.3) is 0 Å². The van der Waals surface area contributed by atoms with Crippen LogP contribution in [0.4, 0.5) is 0 Å². The molecule has 1 saturated heterocycles. The Balaban J connectivity index is 2.55. The Bertz CT molecular complexity index is 260. The average molecular weight is 232 g/mol. The van der Waals surface area contributed by atoms with Crippen LogP contribution in [-0.4, -0.2) is 54.8 Å². The van der Waals surface area contributed by atoms with E-state index in [0.29, 0.717) is 24.7 Å². The van der Waals surface area contributed by atoms with Crippen LogP contribution in [0.1, 0.15) is 6.92 Å². The molecular formula is C9H16N2O3S. The van der Waals surface area contributed by atoms with Gasteiger partial charge in [0.1, 0.15) is 17.1 Å². The van der Waals surface area contributed by atoms with Gasteiger partial charge in [0.2, 0.25) is 0 Å². The van der Waals surface area contributed by atoms with Crippen LogP contribution in [0.5, 0.6) is 0 Å². The molecule has 2 unspecified atom stereocenters. The number of carbonyl (C=O) groups excluding carboxylic acids is 1. The van der Waals surface area contributed by atoms with Crippen LogP contribution in [0.2, 0.25) is 0 Å². The molecule has 1 rings (SSSR count). The first-order valence-corrected chi connectivity index (χ1v) is 5.20. The van der Waals surface area contributed by atoms with Crippen molar-refractivity contribution in [2.45, 2.75) is 19.1 Å². The maximum atomic E-state index is 11.3. The van der Waals surface area contributed by atoms with Crippen molar-refractivity contribution in [2.24, 2.45) is 5.73 Å². The Labute approximate surface area is 94.5 Å². The highest BCUT2D eigenvalue weighted by Gasteiger charge is 2.29. The number of nitrogens with two attached hydrogens (primary N) is 1. The molecule has 1 fully saturated rings. The predicted octanol–water partition coefficient (Wildman–Crippen LogP) is -0.465. The quantitative estimate of drug-likeness (QED) is 0.524. The van der Waals surface area contributed by atoms with Gasteiger partial charge in [0.05, 0.1) is 13.7 Å². The molecule has 1 heterocycles. The third-order valence-electron chi connectivity index (χ3n) is 2.51. The minimum atomic E-state index is -0.282. The van der Waals surface area contributed by atoms with E-state index in [4.69, 9.17) is 22.7 Å². The molecule has 0 bridgehead atoms. The van der Waals surface area contributed by atoms with E-state index in [1.807, 2.05) is 4.90 Å². The van der Waals surface area contributed by atoms with Gasteiger partial charge in [-0.25, -0.2) is 0 Å². The van der Waals surface area contributed by atoms with Crippen LogP contribution in [-0.2, 0) is 14.3 Å². The fraction of sp³-hybridized carbons (Fsp3) is 0.778. The summed E-state index contributed by atoms with van der Waals surface area (Å²) < 4.78 is 10.0. The second-order valence-electron chi connectivity index (χ2n) is 3.46. The number of morpholine rings is 1. The molecule has 0 amide bonds. The van der Waals surface area contributed by atoms with Crippen LogP contribution < -0.4 is 5.73 Å². The van der Waals surface area contributed by atoms with Gasteiger partial charge in [-0.3, -0.25) is 9.69 Å². The highest BCUT2D eigenvalue weighted by Crippen LogP contribution is 2.10. The van der Waals surface area contributed by atoms with E-state index in [1.54, 1.807) is 6.92 Å². The molecule has 0 saturated carbocycles. The van der Waals surface area contributed by atoms with Crippen molar-refractivity contribution < 1.29 is 14.3 Å². The molecule has 1 aliphatic heterocycles. The minimum absolute atomic E-state index is 0.251. The molecule has 6 heteroatoms. The standard InChI is InChI=1S/C9H16N2O3S/c1-6(9(12)13-2)11-3-4-14-7(5-11)8(10)15/h6-7H,3-5H2,1-2H3,(H2,10,15). The summed E-state index contributed by atoms with van der Waals surface area (Å²) in [5, 5.41) is 0. The van der Waals surface area contributed by atoms with Crippen molar-refractivity contribution in [3.05, 3.63) is 0 Å². The van der Waals surface area contributed by atoms with E-state index in [0.717, 1.165) is 0 Å². The van der Waals surface area contributed by atoms with Gasteiger partial charge in [0.25, 0.3) is 0 Å². The average Bonchev–Trinajstić information content (AvgIpc) is 2.27. The minimum Gasteiger partial charge on any atom is -0.468 e. The molecule has 2 atom stereocenters. The molecule has 5 nitrogen and oxygen atoms in total. The fourth-order valence-electron chi connectivity index (χ4n) is 1.51. The Morgan fingerprint density at radius 3 is 2.93 bits per heavy atom. The number of esters is 1. The van der Waals surface area contributed by atoms with Gasteiger partial charge in [-0.2, -0.15) is 0 Å². The van der Waals surface area contributed by atoms with E-state index in [1.165, 1.54) is 7.11 Å². The molecule has 2 N–H and O–H groups in total. The number of rotatable bonds is 3. The normalized spacial score (nSPS) is 24.5. The van der Waals surface area contributed by atoms with Gasteiger partial charge in [-0.15, -0.1) is 0 Å². The Kier molecular flexibility index (Phi) is 4.44. The molecule has 0 aromatic carbocycles. The van der Waals surface area contributed by atoms with Crippen LogP contribution in [0.3, 0.4) is 0 Å². The SMILES string of the molecule is COC(=O)C(C)N1CCOC(C(N)=S)C1. The molecule has 0 spiro atoms. The topological polar surface area (TPSA) is 64.8 Å². The summed E-state index contributed by atoms with van der Waals surface area (Å²) in [5.74, 6) is -0.251. The van der Waals surface area contributed by atoms with Gasteiger partial charge in [-0.1, -0.05) is 12.2 Å². The Morgan fingerprint density at radius 1 is 1.73 bits per heavy atom. The lowest BCUT2D eigenvalue weighted by Gasteiger charge is -2.34. The smallest absolute Gasteiger partial charge is 0.322 e. The first-order valence-electron chi connectivity index (χ1n) is 4.79. The number of nitrogens with zero attached hydrogens (tertiary/aromatic N) is 1. The molecule has 0 radical (unpaired) electrons. The number of methoxy groups -OCH3 is 1. The number of carbonyl (C=O) groups is 1. The summed E-state index contributed by atoms with van der Waals surface area (Å²) in [5.41, 5.74) is 5.50. The molecular weight excluding hydrogens is 216 g/mol. The van der Waals surface area contributed by atoms with Crippen LogP contribution in [0.15, 0.2) is 0 Å². The van der Waals surface area contributed by atoms with Gasteiger partial charge in [0, 0.05) is 13.1 Å². The van der Waals surface area contributed by atoms with Crippen molar-refractivity contribution in [2.75, 3.05) is 26.8 Å². The van der Waals surface area contributed by atoms with E-state index in [2.05, 4.69) is 4.74 Å². The van der Waals surface area contributed by atoms with Gasteiger partial charge in [0.15, 0.2) is 0 Å². The molecule has 0 aliphatic carbocycles. The second kappa shape index (κ2) is 5.39.